The van der Waals surface area contributed by atoms with Crippen molar-refractivity contribution in [3.05, 3.63) is 12.2 Å². The molecule has 0 aromatic carbocycles. The first-order valence-corrected chi connectivity index (χ1v) is 6.17. The second-order valence-corrected chi connectivity index (χ2v) is 5.49. The highest BCUT2D eigenvalue weighted by molar-refractivity contribution is 6.03. The van der Waals surface area contributed by atoms with E-state index in [1.165, 1.54) is 11.3 Å². The predicted molar refractivity (Wildman–Crippen MR) is 59.3 cm³/mol. The Balaban J connectivity index is 1.69. The van der Waals surface area contributed by atoms with Gasteiger partial charge in [0.05, 0.1) is 0 Å². The zero-order valence-corrected chi connectivity index (χ0v) is 9.56. The lowest BCUT2D eigenvalue weighted by atomic mass is 9.93. The van der Waals surface area contributed by atoms with Crippen LogP contribution in [-0.4, -0.2) is 23.3 Å². The van der Waals surface area contributed by atoms with Gasteiger partial charge in [0.15, 0.2) is 0 Å². The van der Waals surface area contributed by atoms with E-state index in [-0.39, 0.29) is 17.7 Å². The van der Waals surface area contributed by atoms with Gasteiger partial charge in [0.2, 0.25) is 11.8 Å². The minimum Gasteiger partial charge on any atom is -0.282 e. The average molecular weight is 219 g/mol. The first kappa shape index (κ1) is 10.1. The van der Waals surface area contributed by atoms with Gasteiger partial charge in [-0.3, -0.25) is 14.5 Å². The van der Waals surface area contributed by atoms with Crippen molar-refractivity contribution in [3.63, 3.8) is 0 Å². The Morgan fingerprint density at radius 1 is 1.31 bits per heavy atom. The molecule has 2 amide bonds. The third kappa shape index (κ3) is 1.41. The monoisotopic (exact) mass is 219 g/mol. The van der Waals surface area contributed by atoms with E-state index in [2.05, 4.69) is 12.2 Å². The fourth-order valence-corrected chi connectivity index (χ4v) is 3.38. The quantitative estimate of drug-likeness (QED) is 0.522. The van der Waals surface area contributed by atoms with Gasteiger partial charge in [-0.1, -0.05) is 19.1 Å². The molecule has 0 spiro atoms. The van der Waals surface area contributed by atoms with Crippen LogP contribution in [0.2, 0.25) is 0 Å². The number of imide groups is 1. The van der Waals surface area contributed by atoms with Crippen molar-refractivity contribution >= 4 is 11.8 Å². The Labute approximate surface area is 95.5 Å². The molecule has 1 saturated carbocycles. The molecule has 0 aromatic rings. The highest BCUT2D eigenvalue weighted by Crippen LogP contribution is 2.44. The van der Waals surface area contributed by atoms with Crippen LogP contribution in [-0.2, 0) is 9.59 Å². The molecular weight excluding hydrogens is 202 g/mol. The number of hydrogen-bond donors (Lipinski definition) is 0. The molecule has 4 unspecified atom stereocenters. The third-order valence-corrected chi connectivity index (χ3v) is 4.30. The number of rotatable bonds is 2. The summed E-state index contributed by atoms with van der Waals surface area (Å²) in [6, 6.07) is 0. The van der Waals surface area contributed by atoms with Crippen molar-refractivity contribution in [1.82, 2.24) is 4.90 Å². The molecule has 4 atom stereocenters. The number of likely N-dealkylation sites (tertiary alicyclic amines) is 1. The van der Waals surface area contributed by atoms with Gasteiger partial charge in [0.25, 0.3) is 0 Å². The Morgan fingerprint density at radius 2 is 2.12 bits per heavy atom. The second-order valence-electron chi connectivity index (χ2n) is 5.49. The fraction of sp³-hybridized carbons (Fsp3) is 0.692. The molecule has 2 fully saturated rings. The molecule has 1 aliphatic heterocycles. The lowest BCUT2D eigenvalue weighted by Gasteiger charge is -2.23. The van der Waals surface area contributed by atoms with Crippen LogP contribution in [0.15, 0.2) is 12.2 Å². The lowest BCUT2D eigenvalue weighted by Crippen LogP contribution is -2.36. The number of amides is 2. The van der Waals surface area contributed by atoms with E-state index in [1.807, 2.05) is 6.92 Å². The van der Waals surface area contributed by atoms with Crippen molar-refractivity contribution in [2.75, 3.05) is 6.54 Å². The maximum atomic E-state index is 11.8. The Bertz CT molecular complexity index is 374. The average Bonchev–Trinajstić information content (AvgIpc) is 2.90. The molecule has 3 heteroatoms. The third-order valence-electron chi connectivity index (χ3n) is 4.30. The van der Waals surface area contributed by atoms with Gasteiger partial charge in [-0.25, -0.2) is 0 Å². The fourth-order valence-electron chi connectivity index (χ4n) is 3.38. The number of fused-ring (bicyclic) bond motifs is 2. The van der Waals surface area contributed by atoms with Crippen molar-refractivity contribution in [3.8, 4) is 0 Å². The first-order chi connectivity index (χ1) is 7.65. The molecule has 86 valence electrons. The van der Waals surface area contributed by atoms with E-state index in [4.69, 9.17) is 0 Å². The lowest BCUT2D eigenvalue weighted by molar-refractivity contribution is -0.140. The summed E-state index contributed by atoms with van der Waals surface area (Å²) in [5.74, 6) is 1.82. The van der Waals surface area contributed by atoms with Crippen LogP contribution in [0.5, 0.6) is 0 Å². The standard InChI is InChI=1S/C13H17NO2/c1-8-4-12(15)14(13(8)16)7-11-6-9-2-3-10(11)5-9/h2-3,8-11H,4-7H2,1H3. The SMILES string of the molecule is CC1CC(=O)N(CC2CC3C=CC2C3)C1=O. The normalized spacial score (nSPS) is 41.4. The van der Waals surface area contributed by atoms with Crippen LogP contribution in [0.4, 0.5) is 0 Å². The van der Waals surface area contributed by atoms with Crippen LogP contribution in [0.1, 0.15) is 26.2 Å². The summed E-state index contributed by atoms with van der Waals surface area (Å²) in [6.07, 6.45) is 7.36. The van der Waals surface area contributed by atoms with Crippen molar-refractivity contribution < 1.29 is 9.59 Å². The number of allylic oxidation sites excluding steroid dienone is 2. The van der Waals surface area contributed by atoms with Crippen LogP contribution in [0, 0.1) is 23.7 Å². The van der Waals surface area contributed by atoms with Gasteiger partial charge in [0.1, 0.15) is 0 Å². The molecule has 3 nitrogen and oxygen atoms in total. The maximum absolute atomic E-state index is 11.8. The van der Waals surface area contributed by atoms with Gasteiger partial charge < -0.3 is 0 Å². The van der Waals surface area contributed by atoms with E-state index in [0.717, 1.165) is 6.42 Å². The summed E-state index contributed by atoms with van der Waals surface area (Å²) in [4.78, 5) is 25.0. The van der Waals surface area contributed by atoms with E-state index in [1.54, 1.807) is 0 Å². The molecule has 16 heavy (non-hydrogen) atoms. The van der Waals surface area contributed by atoms with Gasteiger partial charge in [-0.05, 0) is 30.6 Å². The Morgan fingerprint density at radius 3 is 2.62 bits per heavy atom. The van der Waals surface area contributed by atoms with E-state index < -0.39 is 0 Å². The van der Waals surface area contributed by atoms with Crippen LogP contribution >= 0.6 is 0 Å². The molecule has 0 radical (unpaired) electrons. The van der Waals surface area contributed by atoms with Crippen molar-refractivity contribution in [1.29, 1.82) is 0 Å². The summed E-state index contributed by atoms with van der Waals surface area (Å²) in [5.41, 5.74) is 0. The van der Waals surface area contributed by atoms with Gasteiger partial charge >= 0.3 is 0 Å². The van der Waals surface area contributed by atoms with E-state index >= 15 is 0 Å². The zero-order chi connectivity index (χ0) is 11.3. The predicted octanol–water partition coefficient (Wildman–Crippen LogP) is 1.59. The first-order valence-electron chi connectivity index (χ1n) is 6.17. The summed E-state index contributed by atoms with van der Waals surface area (Å²) in [7, 11) is 0. The van der Waals surface area contributed by atoms with Gasteiger partial charge in [0, 0.05) is 18.9 Å². The van der Waals surface area contributed by atoms with Gasteiger partial charge in [-0.15, -0.1) is 0 Å². The molecule has 1 saturated heterocycles. The molecule has 3 rings (SSSR count). The minimum absolute atomic E-state index is 0.0317. The minimum atomic E-state index is -0.0957. The number of carbonyl (C=O) groups excluding carboxylic acids is 2. The Hall–Kier alpha value is -1.12. The summed E-state index contributed by atoms with van der Waals surface area (Å²) in [6.45, 7) is 2.51. The summed E-state index contributed by atoms with van der Waals surface area (Å²) in [5, 5.41) is 0. The largest absolute Gasteiger partial charge is 0.282 e. The summed E-state index contributed by atoms with van der Waals surface area (Å²) >= 11 is 0. The zero-order valence-electron chi connectivity index (χ0n) is 9.56. The smallest absolute Gasteiger partial charge is 0.232 e. The number of carbonyl (C=O) groups is 2. The van der Waals surface area contributed by atoms with Crippen molar-refractivity contribution in [2.45, 2.75) is 26.2 Å². The topological polar surface area (TPSA) is 37.4 Å². The number of nitrogens with zero attached hydrogens (tertiary/aromatic N) is 1. The van der Waals surface area contributed by atoms with Crippen molar-refractivity contribution in [2.24, 2.45) is 23.7 Å². The second kappa shape index (κ2) is 3.44. The van der Waals surface area contributed by atoms with E-state index in [9.17, 15) is 9.59 Å². The van der Waals surface area contributed by atoms with Crippen LogP contribution < -0.4 is 0 Å². The summed E-state index contributed by atoms with van der Waals surface area (Å²) < 4.78 is 0. The highest BCUT2D eigenvalue weighted by Gasteiger charge is 2.41. The molecule has 0 N–H and O–H groups in total. The highest BCUT2D eigenvalue weighted by atomic mass is 16.2. The molecule has 0 aromatic heterocycles. The number of hydrogen-bond acceptors (Lipinski definition) is 2. The molecule has 2 aliphatic carbocycles. The van der Waals surface area contributed by atoms with E-state index in [0.29, 0.717) is 30.7 Å². The molecule has 3 aliphatic rings. The van der Waals surface area contributed by atoms with Crippen LogP contribution in [0.3, 0.4) is 0 Å². The van der Waals surface area contributed by atoms with Crippen LogP contribution in [0.25, 0.3) is 0 Å². The molecule has 2 bridgehead atoms. The molecular formula is C13H17NO2. The maximum Gasteiger partial charge on any atom is 0.232 e. The Kier molecular flexibility index (Phi) is 2.16. The van der Waals surface area contributed by atoms with Gasteiger partial charge in [-0.2, -0.15) is 0 Å². The molecule has 1 heterocycles.